The monoisotopic (exact) mass is 475 g/mol. The maximum Gasteiger partial charge on any atom is 0.203 e. The fourth-order valence-electron chi connectivity index (χ4n) is 3.83. The SMILES string of the molecule is CCOc1ccc(-c2nnc(-c3ccc(OCC)cc3)n2-c2cc(OC)c(OC)c(OC)c2)cc1. The predicted molar refractivity (Wildman–Crippen MR) is 134 cm³/mol. The van der Waals surface area contributed by atoms with Gasteiger partial charge in [0.15, 0.2) is 23.1 Å². The van der Waals surface area contributed by atoms with Gasteiger partial charge < -0.3 is 23.7 Å². The van der Waals surface area contributed by atoms with Crippen LogP contribution in [0.4, 0.5) is 0 Å². The summed E-state index contributed by atoms with van der Waals surface area (Å²) >= 11 is 0. The van der Waals surface area contributed by atoms with Crippen LogP contribution in [0.5, 0.6) is 28.7 Å². The van der Waals surface area contributed by atoms with Crippen molar-refractivity contribution in [1.29, 1.82) is 0 Å². The lowest BCUT2D eigenvalue weighted by Gasteiger charge is -2.17. The number of methoxy groups -OCH3 is 3. The van der Waals surface area contributed by atoms with Gasteiger partial charge >= 0.3 is 0 Å². The quantitative estimate of drug-likeness (QED) is 0.303. The van der Waals surface area contributed by atoms with E-state index in [0.717, 1.165) is 28.3 Å². The zero-order valence-corrected chi connectivity index (χ0v) is 20.6. The highest BCUT2D eigenvalue weighted by Gasteiger charge is 2.21. The van der Waals surface area contributed by atoms with E-state index in [1.165, 1.54) is 0 Å². The van der Waals surface area contributed by atoms with Crippen molar-refractivity contribution < 1.29 is 23.7 Å². The molecule has 0 fully saturated rings. The van der Waals surface area contributed by atoms with E-state index in [-0.39, 0.29) is 0 Å². The molecule has 0 atom stereocenters. The number of nitrogens with zero attached hydrogens (tertiary/aromatic N) is 3. The molecular formula is C27H29N3O5. The van der Waals surface area contributed by atoms with Crippen LogP contribution in [0.1, 0.15) is 13.8 Å². The Labute approximate surface area is 205 Å². The number of benzene rings is 3. The zero-order valence-electron chi connectivity index (χ0n) is 20.6. The van der Waals surface area contributed by atoms with E-state index < -0.39 is 0 Å². The second-order valence-corrected chi connectivity index (χ2v) is 7.48. The van der Waals surface area contributed by atoms with Crippen molar-refractivity contribution in [2.75, 3.05) is 34.5 Å². The first-order valence-electron chi connectivity index (χ1n) is 11.4. The Morgan fingerprint density at radius 3 is 1.40 bits per heavy atom. The van der Waals surface area contributed by atoms with Gasteiger partial charge in [-0.25, -0.2) is 0 Å². The number of hydrogen-bond donors (Lipinski definition) is 0. The smallest absolute Gasteiger partial charge is 0.203 e. The molecule has 0 amide bonds. The summed E-state index contributed by atoms with van der Waals surface area (Å²) in [5.74, 6) is 4.48. The Morgan fingerprint density at radius 1 is 0.629 bits per heavy atom. The highest BCUT2D eigenvalue weighted by molar-refractivity contribution is 5.69. The number of hydrogen-bond acceptors (Lipinski definition) is 7. The summed E-state index contributed by atoms with van der Waals surface area (Å²) in [6.45, 7) is 5.11. The molecule has 0 spiro atoms. The predicted octanol–water partition coefficient (Wildman–Crippen LogP) is 5.42. The molecular weight excluding hydrogens is 446 g/mol. The second kappa shape index (κ2) is 10.8. The van der Waals surface area contributed by atoms with Crippen LogP contribution in [0, 0.1) is 0 Å². The van der Waals surface area contributed by atoms with E-state index in [1.54, 1.807) is 21.3 Å². The molecule has 4 aromatic rings. The van der Waals surface area contributed by atoms with Gasteiger partial charge in [-0.2, -0.15) is 0 Å². The van der Waals surface area contributed by atoms with Gasteiger partial charge in [0.05, 0.1) is 40.2 Å². The summed E-state index contributed by atoms with van der Waals surface area (Å²) in [7, 11) is 4.76. The molecule has 0 aliphatic heterocycles. The first kappa shape index (κ1) is 23.9. The first-order valence-corrected chi connectivity index (χ1v) is 11.4. The van der Waals surface area contributed by atoms with Crippen molar-refractivity contribution in [3.8, 4) is 57.2 Å². The molecule has 0 aliphatic rings. The molecule has 35 heavy (non-hydrogen) atoms. The summed E-state index contributed by atoms with van der Waals surface area (Å²) < 4.78 is 29.9. The lowest BCUT2D eigenvalue weighted by atomic mass is 10.1. The van der Waals surface area contributed by atoms with Gasteiger partial charge in [-0.1, -0.05) is 0 Å². The van der Waals surface area contributed by atoms with E-state index >= 15 is 0 Å². The van der Waals surface area contributed by atoms with Gasteiger partial charge in [0, 0.05) is 23.3 Å². The lowest BCUT2D eigenvalue weighted by molar-refractivity contribution is 0.324. The Morgan fingerprint density at radius 2 is 1.06 bits per heavy atom. The van der Waals surface area contributed by atoms with Gasteiger partial charge in [-0.15, -0.1) is 10.2 Å². The Hall–Kier alpha value is -4.20. The lowest BCUT2D eigenvalue weighted by Crippen LogP contribution is -2.03. The Kier molecular flexibility index (Phi) is 7.40. The first-order chi connectivity index (χ1) is 17.1. The van der Waals surface area contributed by atoms with Crippen molar-refractivity contribution >= 4 is 0 Å². The van der Waals surface area contributed by atoms with Crippen molar-refractivity contribution in [1.82, 2.24) is 14.8 Å². The fraction of sp³-hybridized carbons (Fsp3) is 0.259. The van der Waals surface area contributed by atoms with Gasteiger partial charge in [0.1, 0.15) is 11.5 Å². The van der Waals surface area contributed by atoms with Crippen LogP contribution in [0.3, 0.4) is 0 Å². The fourth-order valence-corrected chi connectivity index (χ4v) is 3.83. The Balaban J connectivity index is 1.91. The van der Waals surface area contributed by atoms with E-state index in [1.807, 2.05) is 79.1 Å². The van der Waals surface area contributed by atoms with Crippen LogP contribution in [0.25, 0.3) is 28.5 Å². The summed E-state index contributed by atoms with van der Waals surface area (Å²) in [6.07, 6.45) is 0. The average molecular weight is 476 g/mol. The molecule has 0 saturated carbocycles. The minimum atomic E-state index is 0.511. The highest BCUT2D eigenvalue weighted by atomic mass is 16.5. The summed E-state index contributed by atoms with van der Waals surface area (Å²) in [5.41, 5.74) is 2.52. The standard InChI is InChI=1S/C27H29N3O5/c1-6-34-21-12-8-18(9-13-21)26-28-29-27(19-10-14-22(15-11-19)35-7-2)30(26)20-16-23(31-3)25(33-5)24(17-20)32-4/h8-17H,6-7H2,1-5H3. The normalized spacial score (nSPS) is 10.7. The molecule has 0 radical (unpaired) electrons. The van der Waals surface area contributed by atoms with Crippen molar-refractivity contribution in [3.05, 3.63) is 60.7 Å². The van der Waals surface area contributed by atoms with Gasteiger partial charge in [-0.05, 0) is 62.4 Å². The summed E-state index contributed by atoms with van der Waals surface area (Å²) in [5, 5.41) is 9.11. The summed E-state index contributed by atoms with van der Waals surface area (Å²) in [4.78, 5) is 0. The van der Waals surface area contributed by atoms with E-state index in [4.69, 9.17) is 23.7 Å². The molecule has 8 nitrogen and oxygen atoms in total. The van der Waals surface area contributed by atoms with Crippen LogP contribution in [-0.4, -0.2) is 49.3 Å². The highest BCUT2D eigenvalue weighted by Crippen LogP contribution is 2.41. The number of aromatic nitrogens is 3. The molecule has 1 heterocycles. The molecule has 0 saturated heterocycles. The average Bonchev–Trinajstić information content (AvgIpc) is 3.34. The van der Waals surface area contributed by atoms with Crippen molar-refractivity contribution in [2.45, 2.75) is 13.8 Å². The van der Waals surface area contributed by atoms with Gasteiger partial charge in [0.2, 0.25) is 5.75 Å². The second-order valence-electron chi connectivity index (χ2n) is 7.48. The minimum Gasteiger partial charge on any atom is -0.494 e. The molecule has 8 heteroatoms. The molecule has 182 valence electrons. The Bertz CT molecular complexity index is 1180. The van der Waals surface area contributed by atoms with Crippen molar-refractivity contribution in [2.24, 2.45) is 0 Å². The molecule has 0 aliphatic carbocycles. The molecule has 0 bridgehead atoms. The van der Waals surface area contributed by atoms with Crippen LogP contribution >= 0.6 is 0 Å². The molecule has 4 rings (SSSR count). The molecule has 0 N–H and O–H groups in total. The van der Waals surface area contributed by atoms with Crippen LogP contribution < -0.4 is 23.7 Å². The van der Waals surface area contributed by atoms with Crippen LogP contribution in [0.15, 0.2) is 60.7 Å². The van der Waals surface area contributed by atoms with E-state index in [0.29, 0.717) is 42.1 Å². The molecule has 0 unspecified atom stereocenters. The van der Waals surface area contributed by atoms with Gasteiger partial charge in [-0.3, -0.25) is 4.57 Å². The van der Waals surface area contributed by atoms with E-state index in [2.05, 4.69) is 10.2 Å². The van der Waals surface area contributed by atoms with Crippen molar-refractivity contribution in [3.63, 3.8) is 0 Å². The largest absolute Gasteiger partial charge is 0.494 e. The third-order valence-corrected chi connectivity index (χ3v) is 5.42. The number of rotatable bonds is 10. The zero-order chi connectivity index (χ0) is 24.8. The van der Waals surface area contributed by atoms with Gasteiger partial charge in [0.25, 0.3) is 0 Å². The molecule has 3 aromatic carbocycles. The number of ether oxygens (including phenoxy) is 5. The minimum absolute atomic E-state index is 0.511. The maximum absolute atomic E-state index is 5.60. The maximum atomic E-state index is 5.60. The van der Waals surface area contributed by atoms with E-state index in [9.17, 15) is 0 Å². The third-order valence-electron chi connectivity index (χ3n) is 5.42. The third kappa shape index (κ3) is 4.87. The van der Waals surface area contributed by atoms with Crippen LogP contribution in [0.2, 0.25) is 0 Å². The van der Waals surface area contributed by atoms with Crippen LogP contribution in [-0.2, 0) is 0 Å². The molecule has 1 aromatic heterocycles. The summed E-state index contributed by atoms with van der Waals surface area (Å²) in [6, 6.07) is 19.3. The topological polar surface area (TPSA) is 76.9 Å².